The molecule has 0 aliphatic carbocycles. The highest BCUT2D eigenvalue weighted by molar-refractivity contribution is 5.91. The second kappa shape index (κ2) is 14.2. The van der Waals surface area contributed by atoms with Gasteiger partial charge in [-0.1, -0.05) is 24.3 Å². The molecule has 0 amide bonds. The average molecular weight is 696 g/mol. The fraction of sp³-hybridized carbons (Fsp3) is 0.293. The third-order valence-electron chi connectivity index (χ3n) is 10.2. The van der Waals surface area contributed by atoms with E-state index in [1.807, 2.05) is 62.5 Å². The Hall–Kier alpha value is -5.67. The lowest BCUT2D eigenvalue weighted by molar-refractivity contribution is -0.147. The topological polar surface area (TPSA) is 160 Å². The number of aliphatic hydroxyl groups excluding tert-OH is 1. The molecule has 0 bridgehead atoms. The quantitative estimate of drug-likeness (QED) is 0.109. The van der Waals surface area contributed by atoms with Crippen LogP contribution in [0, 0.1) is 30.6 Å². The number of oxazole rings is 1. The molecule has 1 fully saturated rings. The first kappa shape index (κ1) is 34.8. The number of carboxylic acids is 1. The van der Waals surface area contributed by atoms with Gasteiger partial charge in [-0.25, -0.2) is 9.97 Å². The number of carboxylic acid groups (broad SMARTS) is 1. The van der Waals surface area contributed by atoms with E-state index in [0.29, 0.717) is 61.0 Å². The number of aliphatic carboxylic acids is 1. The molecule has 1 aliphatic rings. The number of anilines is 2. The highest BCUT2D eigenvalue weighted by Crippen LogP contribution is 2.38. The summed E-state index contributed by atoms with van der Waals surface area (Å²) >= 11 is 0. The van der Waals surface area contributed by atoms with Gasteiger partial charge in [-0.2, -0.15) is 5.26 Å². The van der Waals surface area contributed by atoms with Gasteiger partial charge in [-0.15, -0.1) is 0 Å². The molecule has 3 aromatic carbocycles. The van der Waals surface area contributed by atoms with Crippen LogP contribution in [0.15, 0.2) is 77.5 Å². The third kappa shape index (κ3) is 6.72. The lowest BCUT2D eigenvalue weighted by Gasteiger charge is -2.20. The molecule has 52 heavy (non-hydrogen) atoms. The summed E-state index contributed by atoms with van der Waals surface area (Å²) in [5, 5.41) is 36.8. The smallest absolute Gasteiger partial charge is 0.310 e. The molecule has 0 unspecified atom stereocenters. The summed E-state index contributed by atoms with van der Waals surface area (Å²) in [6.45, 7) is 10.2. The predicted molar refractivity (Wildman–Crippen MR) is 201 cm³/mol. The van der Waals surface area contributed by atoms with Crippen molar-refractivity contribution in [1.29, 1.82) is 5.26 Å². The van der Waals surface area contributed by atoms with Crippen LogP contribution in [0.4, 0.5) is 11.5 Å². The fourth-order valence-electron chi connectivity index (χ4n) is 7.00. The van der Waals surface area contributed by atoms with E-state index in [1.54, 1.807) is 13.1 Å². The number of hydrogen-bond acceptors (Lipinski definition) is 10. The van der Waals surface area contributed by atoms with Crippen molar-refractivity contribution in [3.05, 3.63) is 101 Å². The van der Waals surface area contributed by atoms with E-state index in [4.69, 9.17) is 14.4 Å². The summed E-state index contributed by atoms with van der Waals surface area (Å²) in [6, 6.07) is 22.2. The normalized spacial score (nSPS) is 16.7. The van der Waals surface area contributed by atoms with Gasteiger partial charge in [0.1, 0.15) is 17.1 Å². The van der Waals surface area contributed by atoms with Crippen LogP contribution in [0.2, 0.25) is 0 Å². The summed E-state index contributed by atoms with van der Waals surface area (Å²) < 4.78 is 6.28. The van der Waals surface area contributed by atoms with Crippen LogP contribution < -0.4 is 10.6 Å². The Morgan fingerprint density at radius 2 is 1.83 bits per heavy atom. The lowest BCUT2D eigenvalue weighted by atomic mass is 9.90. The monoisotopic (exact) mass is 695 g/mol. The van der Waals surface area contributed by atoms with Gasteiger partial charge >= 0.3 is 5.97 Å². The maximum absolute atomic E-state index is 11.8. The summed E-state index contributed by atoms with van der Waals surface area (Å²) in [5.74, 6) is 0.305. The molecule has 0 radical (unpaired) electrons. The fourth-order valence-corrected chi connectivity index (χ4v) is 7.00. The molecule has 11 heteroatoms. The van der Waals surface area contributed by atoms with Crippen LogP contribution in [0.3, 0.4) is 0 Å². The minimum absolute atomic E-state index is 0.00345. The number of likely N-dealkylation sites (tertiary alicyclic amines) is 1. The van der Waals surface area contributed by atoms with Crippen molar-refractivity contribution in [2.45, 2.75) is 53.2 Å². The predicted octanol–water partition coefficient (Wildman–Crippen LogP) is 7.10. The molecule has 264 valence electrons. The van der Waals surface area contributed by atoms with Crippen molar-refractivity contribution in [3.8, 4) is 28.7 Å². The first-order valence-corrected chi connectivity index (χ1v) is 17.4. The first-order chi connectivity index (χ1) is 25.1. The van der Waals surface area contributed by atoms with Crippen molar-refractivity contribution in [2.24, 2.45) is 5.41 Å². The number of hydrogen-bond donors (Lipinski definition) is 4. The number of aromatic nitrogens is 3. The van der Waals surface area contributed by atoms with E-state index in [0.717, 1.165) is 55.5 Å². The largest absolute Gasteiger partial charge is 0.481 e. The molecule has 4 N–H and O–H groups in total. The zero-order valence-corrected chi connectivity index (χ0v) is 29.7. The van der Waals surface area contributed by atoms with Crippen molar-refractivity contribution < 1.29 is 19.4 Å². The molecule has 1 saturated heterocycles. The zero-order valence-electron chi connectivity index (χ0n) is 29.7. The maximum Gasteiger partial charge on any atom is 0.310 e. The van der Waals surface area contributed by atoms with Gasteiger partial charge in [0.25, 0.3) is 0 Å². The van der Waals surface area contributed by atoms with E-state index >= 15 is 0 Å². The van der Waals surface area contributed by atoms with Gasteiger partial charge < -0.3 is 25.3 Å². The first-order valence-electron chi connectivity index (χ1n) is 17.4. The van der Waals surface area contributed by atoms with Gasteiger partial charge in [-0.05, 0) is 110 Å². The van der Waals surface area contributed by atoms with Crippen LogP contribution in [0.25, 0.3) is 44.6 Å². The van der Waals surface area contributed by atoms with Crippen LogP contribution in [0.1, 0.15) is 48.1 Å². The molecule has 4 heterocycles. The zero-order chi connectivity index (χ0) is 36.6. The molecule has 6 aromatic rings. The number of nitrogens with one attached hydrogen (secondary N) is 2. The van der Waals surface area contributed by atoms with Crippen LogP contribution >= 0.6 is 0 Å². The molecule has 11 nitrogen and oxygen atoms in total. The van der Waals surface area contributed by atoms with E-state index in [2.05, 4.69) is 51.7 Å². The van der Waals surface area contributed by atoms with Gasteiger partial charge in [0.05, 0.1) is 17.6 Å². The van der Waals surface area contributed by atoms with Crippen LogP contribution in [-0.4, -0.2) is 61.8 Å². The van der Waals surface area contributed by atoms with E-state index in [-0.39, 0.29) is 12.6 Å². The second-order valence-corrected chi connectivity index (χ2v) is 14.1. The van der Waals surface area contributed by atoms with Gasteiger partial charge in [0.2, 0.25) is 5.89 Å². The molecule has 2 atom stereocenters. The third-order valence-corrected chi connectivity index (χ3v) is 10.2. The summed E-state index contributed by atoms with van der Waals surface area (Å²) in [4.78, 5) is 28.1. The summed E-state index contributed by atoms with van der Waals surface area (Å²) in [5.41, 5.74) is 9.15. The highest BCUT2D eigenvalue weighted by atomic mass is 16.4. The van der Waals surface area contributed by atoms with Gasteiger partial charge in [-0.3, -0.25) is 14.7 Å². The van der Waals surface area contributed by atoms with Gasteiger partial charge in [0.15, 0.2) is 11.4 Å². The number of aliphatic hydroxyl groups is 1. The molecule has 0 saturated carbocycles. The maximum atomic E-state index is 11.8. The van der Waals surface area contributed by atoms with E-state index < -0.39 is 11.4 Å². The number of fused-ring (bicyclic) bond motifs is 2. The average Bonchev–Trinajstić information content (AvgIpc) is 3.75. The molecule has 0 spiro atoms. The lowest BCUT2D eigenvalue weighted by Crippen LogP contribution is -2.31. The number of pyridine rings is 2. The molecule has 7 rings (SSSR count). The number of nitriles is 1. The second-order valence-electron chi connectivity index (χ2n) is 14.1. The Kier molecular flexibility index (Phi) is 9.46. The number of nitrogens with zero attached hydrogens (tertiary/aromatic N) is 5. The number of benzene rings is 3. The van der Waals surface area contributed by atoms with Crippen LogP contribution in [-0.2, 0) is 17.9 Å². The minimum atomic E-state index is -0.785. The van der Waals surface area contributed by atoms with E-state index in [1.165, 1.54) is 0 Å². The van der Waals surface area contributed by atoms with Crippen LogP contribution in [0.5, 0.6) is 0 Å². The SMILES string of the molecule is Cc1c(Nc2nccc3cc(CN[C@H](C)CO)cnc23)cccc1-c1cccc(-c2nc3cc(CN4CC[C@@](C)(C(=O)O)C4)cc(C#N)c3o2)c1C. The Labute approximate surface area is 302 Å². The summed E-state index contributed by atoms with van der Waals surface area (Å²) in [6.07, 6.45) is 4.19. The highest BCUT2D eigenvalue weighted by Gasteiger charge is 2.40. The Balaban J connectivity index is 1.17. The standard InChI is InChI=1S/C41H41N7O4/c1-24(22-49)44-19-28-16-29-11-13-43-38(36(29)45-20-28)46-34-10-6-8-32(26(34)3)31-7-5-9-33(25(31)2)39-47-35-17-27(15-30(18-42)37(35)52-39)21-48-14-12-41(4,23-48)40(50)51/h5-11,13,15-17,20,24,44,49H,12,14,19,21-23H2,1-4H3,(H,43,46)(H,50,51)/t24-,41-/m1/s1. The number of rotatable bonds is 11. The molecule has 3 aromatic heterocycles. The molecular formula is C41H41N7O4. The Bertz CT molecular complexity index is 2360. The van der Waals surface area contributed by atoms with Crippen molar-refractivity contribution in [2.75, 3.05) is 25.0 Å². The molecular weight excluding hydrogens is 654 g/mol. The Morgan fingerprint density at radius 3 is 2.58 bits per heavy atom. The van der Waals surface area contributed by atoms with Crippen molar-refractivity contribution in [3.63, 3.8) is 0 Å². The number of carbonyl (C=O) groups is 1. The summed E-state index contributed by atoms with van der Waals surface area (Å²) in [7, 11) is 0. The van der Waals surface area contributed by atoms with E-state index in [9.17, 15) is 20.3 Å². The van der Waals surface area contributed by atoms with Gasteiger partial charge in [0, 0.05) is 54.7 Å². The van der Waals surface area contributed by atoms with Crippen molar-refractivity contribution >= 4 is 39.5 Å². The van der Waals surface area contributed by atoms with Crippen molar-refractivity contribution in [1.82, 2.24) is 25.2 Å². The molecule has 1 aliphatic heterocycles. The minimum Gasteiger partial charge on any atom is -0.481 e. The Morgan fingerprint density at radius 1 is 1.06 bits per heavy atom.